The molecule has 0 aromatic heterocycles. The van der Waals surface area contributed by atoms with Gasteiger partial charge in [-0.2, -0.15) is 0 Å². The number of hydrogen-bond donors (Lipinski definition) is 0. The standard InChI is InChI=1S/C54H96O6/c1-4-7-10-13-16-19-22-25-27-28-30-32-35-38-41-44-47-53(56)59-50-51(49-58-52(55)46-43-40-37-34-31-24-21-18-15-12-9-6-3)60-54(57)48-45-42-39-36-33-29-26-23-20-17-14-11-8-5-2/h9,12,18,21,27-28,30,32,51H,4-8,10-11,13-17,19-20,22-26,29,31,33-50H2,1-3H3/b12-9-,21-18-,28-27-,32-30-. The Morgan fingerprint density at radius 3 is 1.12 bits per heavy atom. The Hall–Kier alpha value is -2.63. The summed E-state index contributed by atoms with van der Waals surface area (Å²) >= 11 is 0. The van der Waals surface area contributed by atoms with Crippen molar-refractivity contribution in [2.24, 2.45) is 0 Å². The molecule has 0 rings (SSSR count). The van der Waals surface area contributed by atoms with E-state index in [1.165, 1.54) is 116 Å². The summed E-state index contributed by atoms with van der Waals surface area (Å²) in [5.74, 6) is -0.920. The largest absolute Gasteiger partial charge is 0.462 e. The molecule has 0 heterocycles. The van der Waals surface area contributed by atoms with Gasteiger partial charge in [0.25, 0.3) is 0 Å². The summed E-state index contributed by atoms with van der Waals surface area (Å²) in [7, 11) is 0. The molecule has 1 unspecified atom stereocenters. The average molecular weight is 841 g/mol. The summed E-state index contributed by atoms with van der Waals surface area (Å²) in [6.07, 6.45) is 58.1. The van der Waals surface area contributed by atoms with Crippen LogP contribution in [0.5, 0.6) is 0 Å². The van der Waals surface area contributed by atoms with E-state index in [1.54, 1.807) is 0 Å². The smallest absolute Gasteiger partial charge is 0.306 e. The third kappa shape index (κ3) is 46.4. The highest BCUT2D eigenvalue weighted by Crippen LogP contribution is 2.15. The second-order valence-corrected chi connectivity index (χ2v) is 17.1. The van der Waals surface area contributed by atoms with Gasteiger partial charge >= 0.3 is 17.9 Å². The Labute approximate surface area is 371 Å². The lowest BCUT2D eigenvalue weighted by Crippen LogP contribution is -2.30. The Balaban J connectivity index is 4.41. The number of carbonyl (C=O) groups excluding carboxylic acids is 3. The van der Waals surface area contributed by atoms with Crippen LogP contribution in [0.3, 0.4) is 0 Å². The summed E-state index contributed by atoms with van der Waals surface area (Å²) in [6, 6.07) is 0. The van der Waals surface area contributed by atoms with Crippen molar-refractivity contribution in [1.82, 2.24) is 0 Å². The highest BCUT2D eigenvalue weighted by molar-refractivity contribution is 5.71. The Morgan fingerprint density at radius 1 is 0.367 bits per heavy atom. The van der Waals surface area contributed by atoms with Crippen LogP contribution in [0.2, 0.25) is 0 Å². The third-order valence-corrected chi connectivity index (χ3v) is 11.1. The van der Waals surface area contributed by atoms with Gasteiger partial charge in [0, 0.05) is 19.3 Å². The van der Waals surface area contributed by atoms with Crippen molar-refractivity contribution in [3.8, 4) is 0 Å². The van der Waals surface area contributed by atoms with Crippen LogP contribution in [0.1, 0.15) is 258 Å². The minimum Gasteiger partial charge on any atom is -0.462 e. The molecule has 0 aliphatic heterocycles. The van der Waals surface area contributed by atoms with Crippen LogP contribution < -0.4 is 0 Å². The topological polar surface area (TPSA) is 78.9 Å². The molecule has 0 fully saturated rings. The summed E-state index contributed by atoms with van der Waals surface area (Å²) in [6.45, 7) is 6.50. The van der Waals surface area contributed by atoms with Gasteiger partial charge in [-0.25, -0.2) is 0 Å². The van der Waals surface area contributed by atoms with Gasteiger partial charge in [0.1, 0.15) is 13.2 Å². The van der Waals surface area contributed by atoms with Crippen molar-refractivity contribution in [3.05, 3.63) is 48.6 Å². The van der Waals surface area contributed by atoms with Crippen molar-refractivity contribution in [2.45, 2.75) is 264 Å². The molecule has 0 saturated heterocycles. The van der Waals surface area contributed by atoms with E-state index in [2.05, 4.69) is 69.4 Å². The van der Waals surface area contributed by atoms with E-state index < -0.39 is 6.10 Å². The molecule has 0 radical (unpaired) electrons. The van der Waals surface area contributed by atoms with Gasteiger partial charge in [-0.15, -0.1) is 0 Å². The number of rotatable bonds is 46. The van der Waals surface area contributed by atoms with E-state index in [0.717, 1.165) is 103 Å². The first-order valence-electron chi connectivity index (χ1n) is 25.7. The minimum absolute atomic E-state index is 0.0871. The van der Waals surface area contributed by atoms with Gasteiger partial charge in [-0.3, -0.25) is 14.4 Å². The number of ether oxygens (including phenoxy) is 3. The number of unbranched alkanes of at least 4 members (excludes halogenated alkanes) is 28. The maximum atomic E-state index is 12.8. The molecule has 0 N–H and O–H groups in total. The molecule has 6 heteroatoms. The first kappa shape index (κ1) is 57.4. The first-order chi connectivity index (χ1) is 29.5. The Kier molecular flexibility index (Phi) is 46.9. The zero-order chi connectivity index (χ0) is 43.7. The second kappa shape index (κ2) is 49.0. The maximum Gasteiger partial charge on any atom is 0.306 e. The van der Waals surface area contributed by atoms with E-state index >= 15 is 0 Å². The first-order valence-corrected chi connectivity index (χ1v) is 25.7. The molecule has 0 amide bonds. The van der Waals surface area contributed by atoms with Crippen molar-refractivity contribution in [2.75, 3.05) is 13.2 Å². The lowest BCUT2D eigenvalue weighted by molar-refractivity contribution is -0.167. The molecule has 0 aromatic rings. The molecule has 0 bridgehead atoms. The van der Waals surface area contributed by atoms with Crippen LogP contribution in [0, 0.1) is 0 Å². The molecule has 0 spiro atoms. The fourth-order valence-corrected chi connectivity index (χ4v) is 7.24. The zero-order valence-electron chi connectivity index (χ0n) is 39.7. The molecule has 60 heavy (non-hydrogen) atoms. The number of allylic oxidation sites excluding steroid dienone is 8. The molecular formula is C54H96O6. The van der Waals surface area contributed by atoms with Crippen molar-refractivity contribution < 1.29 is 28.6 Å². The highest BCUT2D eigenvalue weighted by atomic mass is 16.6. The molecule has 348 valence electrons. The quantitative estimate of drug-likeness (QED) is 0.0200. The van der Waals surface area contributed by atoms with Crippen LogP contribution in [-0.4, -0.2) is 37.2 Å². The lowest BCUT2D eigenvalue weighted by atomic mass is 10.0. The van der Waals surface area contributed by atoms with E-state index in [-0.39, 0.29) is 31.1 Å². The number of hydrogen-bond acceptors (Lipinski definition) is 6. The Morgan fingerprint density at radius 2 is 0.700 bits per heavy atom. The molecular weight excluding hydrogens is 745 g/mol. The maximum absolute atomic E-state index is 12.8. The van der Waals surface area contributed by atoms with Gasteiger partial charge < -0.3 is 14.2 Å². The van der Waals surface area contributed by atoms with Gasteiger partial charge in [0.15, 0.2) is 6.10 Å². The van der Waals surface area contributed by atoms with E-state index in [4.69, 9.17) is 14.2 Å². The van der Waals surface area contributed by atoms with Crippen LogP contribution in [-0.2, 0) is 28.6 Å². The molecule has 0 saturated carbocycles. The predicted molar refractivity (Wildman–Crippen MR) is 256 cm³/mol. The normalized spacial score (nSPS) is 12.4. The van der Waals surface area contributed by atoms with Crippen LogP contribution in [0.15, 0.2) is 48.6 Å². The zero-order valence-corrected chi connectivity index (χ0v) is 39.7. The van der Waals surface area contributed by atoms with Crippen LogP contribution in [0.25, 0.3) is 0 Å². The molecule has 6 nitrogen and oxygen atoms in total. The number of esters is 3. The highest BCUT2D eigenvalue weighted by Gasteiger charge is 2.19. The molecule has 1 atom stereocenters. The lowest BCUT2D eigenvalue weighted by Gasteiger charge is -2.18. The molecule has 0 aliphatic carbocycles. The van der Waals surface area contributed by atoms with Gasteiger partial charge in [0.2, 0.25) is 0 Å². The van der Waals surface area contributed by atoms with E-state index in [9.17, 15) is 14.4 Å². The Bertz CT molecular complexity index is 1060. The fraction of sp³-hybridized carbons (Fsp3) is 0.796. The SMILES string of the molecule is CC/C=C\C/C=C\CCCCCCCC(=O)OCC(COC(=O)CCCCC/C=C\C=C/CCCCCCCCC)OC(=O)CCCCCCCCCCCCCCCC. The second-order valence-electron chi connectivity index (χ2n) is 17.1. The summed E-state index contributed by atoms with van der Waals surface area (Å²) in [5.41, 5.74) is 0. The molecule has 0 aromatic carbocycles. The van der Waals surface area contributed by atoms with E-state index in [1.807, 2.05) is 0 Å². The monoisotopic (exact) mass is 841 g/mol. The van der Waals surface area contributed by atoms with Crippen molar-refractivity contribution >= 4 is 17.9 Å². The van der Waals surface area contributed by atoms with Gasteiger partial charge in [-0.05, 0) is 70.6 Å². The summed E-state index contributed by atoms with van der Waals surface area (Å²) in [4.78, 5) is 37.9. The summed E-state index contributed by atoms with van der Waals surface area (Å²) < 4.78 is 16.8. The van der Waals surface area contributed by atoms with Gasteiger partial charge in [-0.1, -0.05) is 217 Å². The van der Waals surface area contributed by atoms with Gasteiger partial charge in [0.05, 0.1) is 0 Å². The van der Waals surface area contributed by atoms with Crippen molar-refractivity contribution in [3.63, 3.8) is 0 Å². The predicted octanol–water partition coefficient (Wildman–Crippen LogP) is 16.7. The minimum atomic E-state index is -0.786. The average Bonchev–Trinajstić information content (AvgIpc) is 3.24. The van der Waals surface area contributed by atoms with Crippen molar-refractivity contribution in [1.29, 1.82) is 0 Å². The van der Waals surface area contributed by atoms with Crippen LogP contribution >= 0.6 is 0 Å². The third-order valence-electron chi connectivity index (χ3n) is 11.1. The molecule has 0 aliphatic rings. The number of carbonyl (C=O) groups is 3. The summed E-state index contributed by atoms with van der Waals surface area (Å²) in [5, 5.41) is 0. The fourth-order valence-electron chi connectivity index (χ4n) is 7.24. The van der Waals surface area contributed by atoms with E-state index in [0.29, 0.717) is 19.3 Å². The van der Waals surface area contributed by atoms with Crippen LogP contribution in [0.4, 0.5) is 0 Å².